The molecule has 6 nitrogen and oxygen atoms in total. The smallest absolute Gasteiger partial charge is 0.252 e. The van der Waals surface area contributed by atoms with Crippen molar-refractivity contribution in [3.63, 3.8) is 0 Å². The molecule has 0 fully saturated rings. The number of benzene rings is 2. The molecule has 2 N–H and O–H groups in total. The van der Waals surface area contributed by atoms with Crippen LogP contribution in [0, 0.1) is 0 Å². The molecule has 0 aliphatic carbocycles. The molecule has 0 heterocycles. The predicted octanol–water partition coefficient (Wildman–Crippen LogP) is 2.28. The normalized spacial score (nSPS) is 10.2. The van der Waals surface area contributed by atoms with Crippen molar-refractivity contribution in [3.05, 3.63) is 65.2 Å². The Morgan fingerprint density at radius 1 is 0.885 bits per heavy atom. The van der Waals surface area contributed by atoms with E-state index in [1.807, 2.05) is 30.3 Å². The lowest BCUT2D eigenvalue weighted by atomic mass is 10.2. The largest absolute Gasteiger partial charge is 0.491 e. The maximum absolute atomic E-state index is 11.9. The quantitative estimate of drug-likeness (QED) is 0.624. The molecule has 2 rings (SSSR count). The first kappa shape index (κ1) is 19.8. The lowest BCUT2D eigenvalue weighted by Crippen LogP contribution is -2.36. The number of ether oxygens (including phenoxy) is 2. The Morgan fingerprint density at radius 3 is 2.35 bits per heavy atom. The second-order valence-electron chi connectivity index (χ2n) is 5.30. The summed E-state index contributed by atoms with van der Waals surface area (Å²) >= 11 is 5.95. The Balaban J connectivity index is 1.51. The highest BCUT2D eigenvalue weighted by atomic mass is 35.5. The van der Waals surface area contributed by atoms with Crippen LogP contribution < -0.4 is 15.4 Å². The maximum atomic E-state index is 11.9. The van der Waals surface area contributed by atoms with E-state index in [9.17, 15) is 9.59 Å². The Kier molecular flexibility index (Phi) is 8.45. The first-order valence-corrected chi connectivity index (χ1v) is 8.59. The van der Waals surface area contributed by atoms with Gasteiger partial charge in [-0.3, -0.25) is 9.59 Å². The van der Waals surface area contributed by atoms with Crippen LogP contribution >= 0.6 is 11.6 Å². The molecule has 0 aliphatic rings. The summed E-state index contributed by atoms with van der Waals surface area (Å²) in [5.41, 5.74) is 0.405. The summed E-state index contributed by atoms with van der Waals surface area (Å²) in [4.78, 5) is 23.6. The molecule has 2 aromatic rings. The predicted molar refractivity (Wildman–Crippen MR) is 99.6 cm³/mol. The Hall–Kier alpha value is -2.57. The average molecular weight is 377 g/mol. The lowest BCUT2D eigenvalue weighted by molar-refractivity contribution is -0.125. The Morgan fingerprint density at radius 2 is 1.58 bits per heavy atom. The van der Waals surface area contributed by atoms with Gasteiger partial charge in [-0.1, -0.05) is 41.9 Å². The zero-order valence-corrected chi connectivity index (χ0v) is 15.0. The van der Waals surface area contributed by atoms with Crippen LogP contribution in [0.3, 0.4) is 0 Å². The van der Waals surface area contributed by atoms with Crippen LogP contribution in [0.2, 0.25) is 5.02 Å². The molecule has 0 saturated heterocycles. The molecular formula is C19H21ClN2O4. The van der Waals surface area contributed by atoms with Gasteiger partial charge in [0.2, 0.25) is 5.91 Å². The number of halogens is 1. The first-order chi connectivity index (χ1) is 12.7. The van der Waals surface area contributed by atoms with Crippen molar-refractivity contribution in [3.8, 4) is 5.75 Å². The standard InChI is InChI=1S/C19H21ClN2O4/c20-17-9-5-4-8-16(17)19(24)22-11-10-21-18(23)14-25-12-13-26-15-6-2-1-3-7-15/h1-9H,10-14H2,(H,21,23)(H,22,24). The van der Waals surface area contributed by atoms with Gasteiger partial charge in [-0.05, 0) is 24.3 Å². The number of nitrogens with one attached hydrogen (secondary N) is 2. The minimum atomic E-state index is -0.279. The van der Waals surface area contributed by atoms with Crippen LogP contribution in [0.4, 0.5) is 0 Å². The molecule has 2 aromatic carbocycles. The molecule has 0 saturated carbocycles. The van der Waals surface area contributed by atoms with E-state index < -0.39 is 0 Å². The average Bonchev–Trinajstić information content (AvgIpc) is 2.66. The fourth-order valence-electron chi connectivity index (χ4n) is 2.07. The van der Waals surface area contributed by atoms with E-state index in [0.29, 0.717) is 36.9 Å². The molecule has 0 radical (unpaired) electrons. The van der Waals surface area contributed by atoms with Crippen molar-refractivity contribution < 1.29 is 19.1 Å². The molecule has 26 heavy (non-hydrogen) atoms. The first-order valence-electron chi connectivity index (χ1n) is 8.22. The van der Waals surface area contributed by atoms with Crippen molar-refractivity contribution in [2.75, 3.05) is 32.9 Å². The number of carbonyl (C=O) groups excluding carboxylic acids is 2. The minimum Gasteiger partial charge on any atom is -0.491 e. The van der Waals surface area contributed by atoms with Crippen molar-refractivity contribution in [1.29, 1.82) is 0 Å². The van der Waals surface area contributed by atoms with Crippen molar-refractivity contribution >= 4 is 23.4 Å². The number of para-hydroxylation sites is 1. The molecule has 0 bridgehead atoms. The van der Waals surface area contributed by atoms with Gasteiger partial charge in [0.15, 0.2) is 0 Å². The molecule has 0 unspecified atom stereocenters. The van der Waals surface area contributed by atoms with Crippen molar-refractivity contribution in [2.24, 2.45) is 0 Å². The van der Waals surface area contributed by atoms with E-state index >= 15 is 0 Å². The Bertz CT molecular complexity index is 710. The number of amides is 2. The number of carbonyl (C=O) groups is 2. The summed E-state index contributed by atoms with van der Waals surface area (Å²) in [6, 6.07) is 16.2. The summed E-state index contributed by atoms with van der Waals surface area (Å²) in [7, 11) is 0. The van der Waals surface area contributed by atoms with Gasteiger partial charge in [0.25, 0.3) is 5.91 Å². The van der Waals surface area contributed by atoms with Crippen molar-refractivity contribution in [1.82, 2.24) is 10.6 Å². The van der Waals surface area contributed by atoms with Crippen LogP contribution in [0.15, 0.2) is 54.6 Å². The van der Waals surface area contributed by atoms with E-state index in [0.717, 1.165) is 5.75 Å². The van der Waals surface area contributed by atoms with E-state index in [2.05, 4.69) is 10.6 Å². The Labute approximate surface area is 157 Å². The van der Waals surface area contributed by atoms with Gasteiger partial charge in [0.05, 0.1) is 17.2 Å². The van der Waals surface area contributed by atoms with Gasteiger partial charge in [-0.15, -0.1) is 0 Å². The van der Waals surface area contributed by atoms with E-state index in [-0.39, 0.29) is 18.4 Å². The van der Waals surface area contributed by atoms with Gasteiger partial charge in [0.1, 0.15) is 19.0 Å². The monoisotopic (exact) mass is 376 g/mol. The van der Waals surface area contributed by atoms with E-state index in [1.165, 1.54) is 0 Å². The summed E-state index contributed by atoms with van der Waals surface area (Å²) in [6.45, 7) is 1.22. The maximum Gasteiger partial charge on any atom is 0.252 e. The zero-order valence-electron chi connectivity index (χ0n) is 14.2. The molecule has 2 amide bonds. The molecule has 138 valence electrons. The summed E-state index contributed by atoms with van der Waals surface area (Å²) in [6.07, 6.45) is 0. The van der Waals surface area contributed by atoms with Gasteiger partial charge in [0, 0.05) is 13.1 Å². The van der Waals surface area contributed by atoms with Gasteiger partial charge < -0.3 is 20.1 Å². The van der Waals surface area contributed by atoms with Gasteiger partial charge >= 0.3 is 0 Å². The zero-order chi connectivity index (χ0) is 18.6. The topological polar surface area (TPSA) is 76.7 Å². The molecule has 0 aliphatic heterocycles. The van der Waals surface area contributed by atoms with Gasteiger partial charge in [-0.25, -0.2) is 0 Å². The number of rotatable bonds is 10. The fraction of sp³-hybridized carbons (Fsp3) is 0.263. The highest BCUT2D eigenvalue weighted by molar-refractivity contribution is 6.33. The third-order valence-electron chi connectivity index (χ3n) is 3.32. The second-order valence-corrected chi connectivity index (χ2v) is 5.71. The lowest BCUT2D eigenvalue weighted by Gasteiger charge is -2.09. The fourth-order valence-corrected chi connectivity index (χ4v) is 2.29. The third-order valence-corrected chi connectivity index (χ3v) is 3.65. The number of hydrogen-bond acceptors (Lipinski definition) is 4. The highest BCUT2D eigenvalue weighted by Crippen LogP contribution is 2.14. The number of hydrogen-bond donors (Lipinski definition) is 2. The van der Waals surface area contributed by atoms with Gasteiger partial charge in [-0.2, -0.15) is 0 Å². The SMILES string of the molecule is O=C(COCCOc1ccccc1)NCCNC(=O)c1ccccc1Cl. The molecular weight excluding hydrogens is 356 g/mol. The second kappa shape index (κ2) is 11.1. The van der Waals surface area contributed by atoms with Crippen LogP contribution in [0.25, 0.3) is 0 Å². The summed E-state index contributed by atoms with van der Waals surface area (Å²) < 4.78 is 10.7. The van der Waals surface area contributed by atoms with E-state index in [1.54, 1.807) is 24.3 Å². The van der Waals surface area contributed by atoms with Crippen LogP contribution in [0.1, 0.15) is 10.4 Å². The molecule has 7 heteroatoms. The molecule has 0 spiro atoms. The molecule has 0 aromatic heterocycles. The molecule has 0 atom stereocenters. The van der Waals surface area contributed by atoms with Crippen LogP contribution in [-0.2, 0) is 9.53 Å². The third kappa shape index (κ3) is 7.13. The summed E-state index contributed by atoms with van der Waals surface area (Å²) in [5.74, 6) is 0.227. The summed E-state index contributed by atoms with van der Waals surface area (Å²) in [5, 5.41) is 5.74. The highest BCUT2D eigenvalue weighted by Gasteiger charge is 2.08. The minimum absolute atomic E-state index is 0.0589. The van der Waals surface area contributed by atoms with Crippen molar-refractivity contribution in [2.45, 2.75) is 0 Å². The van der Waals surface area contributed by atoms with Crippen LogP contribution in [-0.4, -0.2) is 44.7 Å². The van der Waals surface area contributed by atoms with E-state index in [4.69, 9.17) is 21.1 Å². The van der Waals surface area contributed by atoms with Crippen LogP contribution in [0.5, 0.6) is 5.75 Å².